The predicted molar refractivity (Wildman–Crippen MR) is 111 cm³/mol. The van der Waals surface area contributed by atoms with Crippen LogP contribution in [-0.4, -0.2) is 54.1 Å². The number of tetrazole rings is 1. The van der Waals surface area contributed by atoms with Crippen LogP contribution in [0.2, 0.25) is 0 Å². The van der Waals surface area contributed by atoms with E-state index in [-0.39, 0.29) is 24.6 Å². The number of fused-ring (bicyclic) bond motifs is 1. The van der Waals surface area contributed by atoms with Gasteiger partial charge in [0.2, 0.25) is 5.91 Å². The standard InChI is InChI=1S/C20H24N8O2/c1-4-7-17(29)23-18-13(2)10-11-14(21-18)12-30-20-22-15-8-5-6-9-16(15)28(20)19-24-25-26-27(19)3/h5-6,8-11,13,18H,4,7,12H2,1-3H3,(H,23,29). The number of rotatable bonds is 7. The van der Waals surface area contributed by atoms with Crippen LogP contribution in [0.15, 0.2) is 41.4 Å². The van der Waals surface area contributed by atoms with E-state index in [4.69, 9.17) is 4.74 Å². The molecule has 3 aromatic rings. The predicted octanol–water partition coefficient (Wildman–Crippen LogP) is 1.82. The van der Waals surface area contributed by atoms with Crippen molar-refractivity contribution in [2.75, 3.05) is 6.61 Å². The number of hydrogen-bond donors (Lipinski definition) is 1. The van der Waals surface area contributed by atoms with Crippen LogP contribution >= 0.6 is 0 Å². The van der Waals surface area contributed by atoms with Gasteiger partial charge in [0.25, 0.3) is 5.95 Å². The highest BCUT2D eigenvalue weighted by Gasteiger charge is 2.22. The fourth-order valence-corrected chi connectivity index (χ4v) is 3.27. The van der Waals surface area contributed by atoms with Gasteiger partial charge >= 0.3 is 6.01 Å². The topological polar surface area (TPSA) is 112 Å². The molecule has 1 amide bonds. The molecule has 1 N–H and O–H groups in total. The first-order valence-electron chi connectivity index (χ1n) is 9.94. The van der Waals surface area contributed by atoms with Crippen molar-refractivity contribution in [1.82, 2.24) is 35.1 Å². The van der Waals surface area contributed by atoms with Crippen LogP contribution in [0.25, 0.3) is 17.0 Å². The van der Waals surface area contributed by atoms with E-state index < -0.39 is 0 Å². The zero-order chi connectivity index (χ0) is 21.1. The number of nitrogens with zero attached hydrogens (tertiary/aromatic N) is 7. The molecule has 0 spiro atoms. The molecule has 0 bridgehead atoms. The van der Waals surface area contributed by atoms with E-state index in [1.807, 2.05) is 50.3 Å². The number of benzene rings is 1. The smallest absolute Gasteiger partial charge is 0.305 e. The third-order valence-electron chi connectivity index (χ3n) is 4.86. The molecule has 0 saturated carbocycles. The molecule has 2 aromatic heterocycles. The normalized spacial score (nSPS) is 18.4. The molecule has 1 aliphatic rings. The summed E-state index contributed by atoms with van der Waals surface area (Å²) in [5.74, 6) is 0.618. The fourth-order valence-electron chi connectivity index (χ4n) is 3.27. The van der Waals surface area contributed by atoms with Crippen LogP contribution in [0.3, 0.4) is 0 Å². The van der Waals surface area contributed by atoms with Crippen LogP contribution < -0.4 is 10.1 Å². The summed E-state index contributed by atoms with van der Waals surface area (Å²) in [5, 5.41) is 14.7. The molecular weight excluding hydrogens is 384 g/mol. The summed E-state index contributed by atoms with van der Waals surface area (Å²) in [6.45, 7) is 4.21. The zero-order valence-electron chi connectivity index (χ0n) is 17.2. The minimum atomic E-state index is -0.297. The molecular formula is C20H24N8O2. The van der Waals surface area contributed by atoms with Crippen LogP contribution in [0.4, 0.5) is 0 Å². The Labute approximate surface area is 173 Å². The lowest BCUT2D eigenvalue weighted by Gasteiger charge is -2.23. The van der Waals surface area contributed by atoms with Gasteiger partial charge in [-0.1, -0.05) is 37.2 Å². The van der Waals surface area contributed by atoms with Crippen molar-refractivity contribution in [1.29, 1.82) is 0 Å². The highest BCUT2D eigenvalue weighted by Crippen LogP contribution is 2.24. The van der Waals surface area contributed by atoms with Crippen molar-refractivity contribution >= 4 is 22.7 Å². The first-order valence-corrected chi connectivity index (χ1v) is 9.94. The molecule has 30 heavy (non-hydrogen) atoms. The highest BCUT2D eigenvalue weighted by atomic mass is 16.5. The first kappa shape index (κ1) is 19.7. The molecule has 1 aromatic carbocycles. The lowest BCUT2D eigenvalue weighted by molar-refractivity contribution is -0.122. The molecule has 10 nitrogen and oxygen atoms in total. The van der Waals surface area contributed by atoms with Gasteiger partial charge in [-0.3, -0.25) is 9.79 Å². The number of carbonyl (C=O) groups excluding carboxylic acids is 1. The molecule has 0 saturated heterocycles. The number of para-hydroxylation sites is 2. The number of aliphatic imine (C=N–C) groups is 1. The Morgan fingerprint density at radius 1 is 1.30 bits per heavy atom. The van der Waals surface area contributed by atoms with E-state index in [0.29, 0.717) is 18.4 Å². The van der Waals surface area contributed by atoms with Crippen molar-refractivity contribution in [2.24, 2.45) is 18.0 Å². The minimum absolute atomic E-state index is 0.00485. The SMILES string of the molecule is CCCC(=O)NC1N=C(COc2nc3ccccc3n2-c2nnnn2C)C=CC1C. The van der Waals surface area contributed by atoms with Crippen molar-refractivity contribution in [2.45, 2.75) is 32.9 Å². The van der Waals surface area contributed by atoms with Crippen LogP contribution in [-0.2, 0) is 11.8 Å². The van der Waals surface area contributed by atoms with Crippen LogP contribution in [0.5, 0.6) is 6.01 Å². The van der Waals surface area contributed by atoms with E-state index in [0.717, 1.165) is 23.2 Å². The number of nitrogens with one attached hydrogen (secondary N) is 1. The van der Waals surface area contributed by atoms with Gasteiger partial charge in [-0.05, 0) is 35.1 Å². The Balaban J connectivity index is 1.57. The monoisotopic (exact) mass is 408 g/mol. The number of imidazole rings is 1. The maximum absolute atomic E-state index is 12.0. The average molecular weight is 408 g/mol. The number of ether oxygens (including phenoxy) is 1. The summed E-state index contributed by atoms with van der Waals surface area (Å²) in [6.07, 6.45) is 4.94. The molecule has 156 valence electrons. The lowest BCUT2D eigenvalue weighted by Crippen LogP contribution is -2.39. The third-order valence-corrected chi connectivity index (χ3v) is 4.86. The largest absolute Gasteiger partial charge is 0.458 e. The van der Waals surface area contributed by atoms with Crippen LogP contribution in [0, 0.1) is 5.92 Å². The summed E-state index contributed by atoms with van der Waals surface area (Å²) in [4.78, 5) is 21.2. The Bertz CT molecular complexity index is 1110. The molecule has 1 aliphatic heterocycles. The Morgan fingerprint density at radius 3 is 2.90 bits per heavy atom. The molecule has 3 heterocycles. The highest BCUT2D eigenvalue weighted by molar-refractivity contribution is 5.97. The van der Waals surface area contributed by atoms with Gasteiger partial charge in [-0.2, -0.15) is 4.98 Å². The molecule has 0 radical (unpaired) electrons. The van der Waals surface area contributed by atoms with Gasteiger partial charge < -0.3 is 10.1 Å². The van der Waals surface area contributed by atoms with E-state index in [1.54, 1.807) is 16.3 Å². The van der Waals surface area contributed by atoms with Gasteiger partial charge in [0.15, 0.2) is 0 Å². The van der Waals surface area contributed by atoms with Gasteiger partial charge in [0, 0.05) is 19.4 Å². The van der Waals surface area contributed by atoms with Crippen molar-refractivity contribution in [3.8, 4) is 12.0 Å². The number of hydrogen-bond acceptors (Lipinski definition) is 7. The zero-order valence-corrected chi connectivity index (χ0v) is 17.2. The van der Waals surface area contributed by atoms with E-state index in [9.17, 15) is 4.79 Å². The van der Waals surface area contributed by atoms with Crippen molar-refractivity contribution in [3.05, 3.63) is 36.4 Å². The average Bonchev–Trinajstić information content (AvgIpc) is 3.31. The number of aryl methyl sites for hydroxylation is 1. The van der Waals surface area contributed by atoms with E-state index in [1.165, 1.54) is 0 Å². The number of amides is 1. The second-order valence-corrected chi connectivity index (χ2v) is 7.21. The maximum Gasteiger partial charge on any atom is 0.305 e. The van der Waals surface area contributed by atoms with Gasteiger partial charge in [0.05, 0.1) is 16.7 Å². The summed E-state index contributed by atoms with van der Waals surface area (Å²) < 4.78 is 9.35. The molecule has 2 unspecified atom stereocenters. The Morgan fingerprint density at radius 2 is 2.13 bits per heavy atom. The second-order valence-electron chi connectivity index (χ2n) is 7.21. The summed E-state index contributed by atoms with van der Waals surface area (Å²) in [6, 6.07) is 8.05. The fraction of sp³-hybridized carbons (Fsp3) is 0.400. The quantitative estimate of drug-likeness (QED) is 0.638. The lowest BCUT2D eigenvalue weighted by atomic mass is 10.0. The summed E-state index contributed by atoms with van der Waals surface area (Å²) >= 11 is 0. The van der Waals surface area contributed by atoms with E-state index in [2.05, 4.69) is 30.8 Å². The number of aromatic nitrogens is 6. The molecule has 0 aliphatic carbocycles. The molecule has 10 heteroatoms. The molecule has 4 rings (SSSR count). The summed E-state index contributed by atoms with van der Waals surface area (Å²) in [7, 11) is 1.76. The summed E-state index contributed by atoms with van der Waals surface area (Å²) in [5.41, 5.74) is 2.34. The maximum atomic E-state index is 12.0. The van der Waals surface area contributed by atoms with E-state index >= 15 is 0 Å². The minimum Gasteiger partial charge on any atom is -0.458 e. The van der Waals surface area contributed by atoms with Gasteiger partial charge in [-0.15, -0.1) is 0 Å². The van der Waals surface area contributed by atoms with Crippen LogP contribution in [0.1, 0.15) is 26.7 Å². The van der Waals surface area contributed by atoms with Crippen molar-refractivity contribution < 1.29 is 9.53 Å². The number of carbonyl (C=O) groups is 1. The molecule has 0 fully saturated rings. The Kier molecular flexibility index (Phi) is 5.55. The first-order chi connectivity index (χ1) is 14.6. The van der Waals surface area contributed by atoms with Gasteiger partial charge in [0.1, 0.15) is 12.8 Å². The third kappa shape index (κ3) is 3.93. The second kappa shape index (κ2) is 8.44. The van der Waals surface area contributed by atoms with Gasteiger partial charge in [-0.25, -0.2) is 9.25 Å². The van der Waals surface area contributed by atoms with Crippen molar-refractivity contribution in [3.63, 3.8) is 0 Å². The Hall–Kier alpha value is -3.56. The molecule has 2 atom stereocenters. The number of dihydropyridines is 1.